The van der Waals surface area contributed by atoms with E-state index in [1.807, 2.05) is 6.07 Å². The molecule has 1 aromatic heterocycles. The highest BCUT2D eigenvalue weighted by Gasteiger charge is 2.24. The number of furan rings is 1. The van der Waals surface area contributed by atoms with Crippen LogP contribution in [-0.4, -0.2) is 41.9 Å². The number of carbonyl (C=O) groups excluding carboxylic acids is 1. The summed E-state index contributed by atoms with van der Waals surface area (Å²) in [7, 11) is 0. The standard InChI is InChI=1S/C23H22F2N2O3/c24-18-4-6-20(7-5-18)29-16-21-8-9-22(30-21)23(28)27-12-10-26(11-13-27)15-17-2-1-3-19(25)14-17/h1-9,14H,10-13,15-16H2. The van der Waals surface area contributed by atoms with Gasteiger partial charge in [0.05, 0.1) is 0 Å². The number of amides is 1. The van der Waals surface area contributed by atoms with Crippen molar-refractivity contribution in [2.45, 2.75) is 13.2 Å². The Bertz CT molecular complexity index is 996. The molecule has 30 heavy (non-hydrogen) atoms. The second-order valence-electron chi connectivity index (χ2n) is 7.21. The Hall–Kier alpha value is -3.19. The van der Waals surface area contributed by atoms with Crippen molar-refractivity contribution in [3.05, 3.63) is 89.4 Å². The van der Waals surface area contributed by atoms with E-state index in [-0.39, 0.29) is 29.9 Å². The van der Waals surface area contributed by atoms with Crippen LogP contribution in [0.5, 0.6) is 5.75 Å². The fourth-order valence-corrected chi connectivity index (χ4v) is 3.41. The van der Waals surface area contributed by atoms with Crippen molar-refractivity contribution in [1.82, 2.24) is 9.80 Å². The smallest absolute Gasteiger partial charge is 0.289 e. The van der Waals surface area contributed by atoms with Gasteiger partial charge in [0.2, 0.25) is 0 Å². The van der Waals surface area contributed by atoms with E-state index in [9.17, 15) is 13.6 Å². The minimum atomic E-state index is -0.329. The monoisotopic (exact) mass is 412 g/mol. The van der Waals surface area contributed by atoms with Gasteiger partial charge in [-0.15, -0.1) is 0 Å². The van der Waals surface area contributed by atoms with E-state index in [0.29, 0.717) is 44.2 Å². The molecular formula is C23H22F2N2O3. The number of rotatable bonds is 6. The van der Waals surface area contributed by atoms with Crippen LogP contribution in [0.2, 0.25) is 0 Å². The molecule has 1 aliphatic heterocycles. The predicted octanol–water partition coefficient (Wildman–Crippen LogP) is 4.09. The Morgan fingerprint density at radius 2 is 1.70 bits per heavy atom. The number of nitrogens with zero attached hydrogens (tertiary/aromatic N) is 2. The Labute approximate surface area is 173 Å². The summed E-state index contributed by atoms with van der Waals surface area (Å²) in [5, 5.41) is 0. The first-order valence-corrected chi connectivity index (χ1v) is 9.80. The summed E-state index contributed by atoms with van der Waals surface area (Å²) in [5.74, 6) is 0.588. The van der Waals surface area contributed by atoms with Gasteiger partial charge in [-0.25, -0.2) is 8.78 Å². The summed E-state index contributed by atoms with van der Waals surface area (Å²) < 4.78 is 37.5. The van der Waals surface area contributed by atoms with Crippen molar-refractivity contribution in [1.29, 1.82) is 0 Å². The molecule has 0 atom stereocenters. The lowest BCUT2D eigenvalue weighted by molar-refractivity contribution is 0.0594. The highest BCUT2D eigenvalue weighted by Crippen LogP contribution is 2.17. The fourth-order valence-electron chi connectivity index (χ4n) is 3.41. The van der Waals surface area contributed by atoms with Gasteiger partial charge in [0.15, 0.2) is 5.76 Å². The molecule has 3 aromatic rings. The highest BCUT2D eigenvalue weighted by atomic mass is 19.1. The molecule has 0 unspecified atom stereocenters. The van der Waals surface area contributed by atoms with E-state index < -0.39 is 0 Å². The third-order valence-corrected chi connectivity index (χ3v) is 5.02. The van der Waals surface area contributed by atoms with Gasteiger partial charge in [-0.3, -0.25) is 9.69 Å². The van der Waals surface area contributed by atoms with Crippen molar-refractivity contribution in [2.75, 3.05) is 26.2 Å². The number of hydrogen-bond donors (Lipinski definition) is 0. The Morgan fingerprint density at radius 3 is 2.43 bits per heavy atom. The molecule has 1 fully saturated rings. The normalized spacial score (nSPS) is 14.7. The van der Waals surface area contributed by atoms with Crippen LogP contribution < -0.4 is 4.74 Å². The molecule has 5 nitrogen and oxygen atoms in total. The Balaban J connectivity index is 1.27. The van der Waals surface area contributed by atoms with Crippen LogP contribution in [0.25, 0.3) is 0 Å². The SMILES string of the molecule is O=C(c1ccc(COc2ccc(F)cc2)o1)N1CCN(Cc2cccc(F)c2)CC1. The average Bonchev–Trinajstić information content (AvgIpc) is 3.22. The summed E-state index contributed by atoms with van der Waals surface area (Å²) in [6.07, 6.45) is 0. The molecule has 2 heterocycles. The maximum Gasteiger partial charge on any atom is 0.289 e. The second-order valence-corrected chi connectivity index (χ2v) is 7.21. The van der Waals surface area contributed by atoms with Gasteiger partial charge in [0.1, 0.15) is 29.8 Å². The Morgan fingerprint density at radius 1 is 0.933 bits per heavy atom. The summed E-state index contributed by atoms with van der Waals surface area (Å²) in [6.45, 7) is 3.39. The second kappa shape index (κ2) is 9.09. The van der Waals surface area contributed by atoms with Gasteiger partial charge >= 0.3 is 0 Å². The molecule has 1 saturated heterocycles. The molecule has 2 aromatic carbocycles. The molecule has 0 bridgehead atoms. The average molecular weight is 412 g/mol. The summed E-state index contributed by atoms with van der Waals surface area (Å²) in [4.78, 5) is 16.7. The van der Waals surface area contributed by atoms with Gasteiger partial charge in [-0.05, 0) is 54.1 Å². The van der Waals surface area contributed by atoms with Gasteiger partial charge in [-0.2, -0.15) is 0 Å². The van der Waals surface area contributed by atoms with Crippen molar-refractivity contribution < 1.29 is 22.7 Å². The number of benzene rings is 2. The molecule has 0 radical (unpaired) electrons. The van der Waals surface area contributed by atoms with Crippen molar-refractivity contribution in [3.8, 4) is 5.75 Å². The van der Waals surface area contributed by atoms with Crippen molar-refractivity contribution in [2.24, 2.45) is 0 Å². The zero-order valence-electron chi connectivity index (χ0n) is 16.4. The lowest BCUT2D eigenvalue weighted by atomic mass is 10.2. The highest BCUT2D eigenvalue weighted by molar-refractivity contribution is 5.91. The van der Waals surface area contributed by atoms with Crippen LogP contribution in [0.1, 0.15) is 21.9 Å². The van der Waals surface area contributed by atoms with Gasteiger partial charge in [-0.1, -0.05) is 12.1 Å². The van der Waals surface area contributed by atoms with E-state index >= 15 is 0 Å². The van der Waals surface area contributed by atoms with Crippen LogP contribution in [-0.2, 0) is 13.2 Å². The van der Waals surface area contributed by atoms with Gasteiger partial charge < -0.3 is 14.1 Å². The van der Waals surface area contributed by atoms with E-state index in [2.05, 4.69) is 4.90 Å². The van der Waals surface area contributed by atoms with E-state index in [1.165, 1.54) is 36.4 Å². The molecule has 0 spiro atoms. The number of hydrogen-bond acceptors (Lipinski definition) is 4. The van der Waals surface area contributed by atoms with Crippen molar-refractivity contribution in [3.63, 3.8) is 0 Å². The molecule has 7 heteroatoms. The molecule has 156 valence electrons. The topological polar surface area (TPSA) is 45.9 Å². The molecular weight excluding hydrogens is 390 g/mol. The fraction of sp³-hybridized carbons (Fsp3) is 0.261. The molecule has 0 N–H and O–H groups in total. The molecule has 1 aliphatic rings. The van der Waals surface area contributed by atoms with E-state index in [4.69, 9.17) is 9.15 Å². The Kier molecular flexibility index (Phi) is 6.09. The summed E-state index contributed by atoms with van der Waals surface area (Å²) >= 11 is 0. The van der Waals surface area contributed by atoms with Crippen LogP contribution >= 0.6 is 0 Å². The molecule has 4 rings (SSSR count). The number of ether oxygens (including phenoxy) is 1. The number of halogens is 2. The predicted molar refractivity (Wildman–Crippen MR) is 107 cm³/mol. The van der Waals surface area contributed by atoms with Crippen LogP contribution in [0.15, 0.2) is 65.1 Å². The van der Waals surface area contributed by atoms with E-state index in [1.54, 1.807) is 23.1 Å². The minimum Gasteiger partial charge on any atom is -0.486 e. The van der Waals surface area contributed by atoms with Crippen LogP contribution in [0, 0.1) is 11.6 Å². The maximum absolute atomic E-state index is 13.3. The first-order chi connectivity index (χ1) is 14.6. The zero-order chi connectivity index (χ0) is 20.9. The van der Waals surface area contributed by atoms with Gasteiger partial charge in [0.25, 0.3) is 5.91 Å². The van der Waals surface area contributed by atoms with Crippen LogP contribution in [0.3, 0.4) is 0 Å². The summed E-state index contributed by atoms with van der Waals surface area (Å²) in [6, 6.07) is 15.6. The number of piperazine rings is 1. The van der Waals surface area contributed by atoms with E-state index in [0.717, 1.165) is 5.56 Å². The molecule has 0 saturated carbocycles. The zero-order valence-corrected chi connectivity index (χ0v) is 16.4. The maximum atomic E-state index is 13.3. The first-order valence-electron chi connectivity index (χ1n) is 9.80. The largest absolute Gasteiger partial charge is 0.486 e. The third kappa shape index (κ3) is 5.04. The van der Waals surface area contributed by atoms with Crippen LogP contribution in [0.4, 0.5) is 8.78 Å². The van der Waals surface area contributed by atoms with Gasteiger partial charge in [0, 0.05) is 32.7 Å². The molecule has 1 amide bonds. The lowest BCUT2D eigenvalue weighted by Crippen LogP contribution is -2.48. The third-order valence-electron chi connectivity index (χ3n) is 5.02. The van der Waals surface area contributed by atoms with Crippen molar-refractivity contribution >= 4 is 5.91 Å². The number of carbonyl (C=O) groups is 1. The quantitative estimate of drug-likeness (QED) is 0.612. The molecule has 0 aliphatic carbocycles. The minimum absolute atomic E-state index is 0.153. The lowest BCUT2D eigenvalue weighted by Gasteiger charge is -2.34. The first kappa shape index (κ1) is 20.1. The summed E-state index contributed by atoms with van der Waals surface area (Å²) in [5.41, 5.74) is 0.923.